The molecule has 1 aliphatic heterocycles. The third-order valence-corrected chi connectivity index (χ3v) is 3.74. The van der Waals surface area contributed by atoms with Gasteiger partial charge in [-0.05, 0) is 32.6 Å². The van der Waals surface area contributed by atoms with Gasteiger partial charge >= 0.3 is 0 Å². The van der Waals surface area contributed by atoms with E-state index in [2.05, 4.69) is 24.1 Å². The van der Waals surface area contributed by atoms with Crippen LogP contribution >= 0.6 is 0 Å². The molecule has 3 atom stereocenters. The Balaban J connectivity index is 2.50. The van der Waals surface area contributed by atoms with Gasteiger partial charge in [0.1, 0.15) is 0 Å². The summed E-state index contributed by atoms with van der Waals surface area (Å²) in [4.78, 5) is 14.3. The van der Waals surface area contributed by atoms with Gasteiger partial charge in [0.25, 0.3) is 0 Å². The molecule has 1 rings (SSSR count). The molecule has 1 saturated heterocycles. The van der Waals surface area contributed by atoms with E-state index in [1.54, 1.807) is 0 Å². The maximum absolute atomic E-state index is 12.0. The Hall–Kier alpha value is -0.610. The van der Waals surface area contributed by atoms with Crippen LogP contribution in [0.3, 0.4) is 0 Å². The highest BCUT2D eigenvalue weighted by Gasteiger charge is 2.31. The van der Waals surface area contributed by atoms with Crippen LogP contribution in [0, 0.1) is 11.8 Å². The van der Waals surface area contributed by atoms with Gasteiger partial charge in [0, 0.05) is 37.6 Å². The highest BCUT2D eigenvalue weighted by atomic mass is 16.1. The molecule has 0 aliphatic carbocycles. The smallest absolute Gasteiger partial charge is 0.222 e. The molecule has 3 unspecified atom stereocenters. The Morgan fingerprint density at radius 1 is 1.33 bits per heavy atom. The van der Waals surface area contributed by atoms with Crippen LogP contribution in [0.15, 0.2) is 0 Å². The number of nitrogens with one attached hydrogen (secondary N) is 1. The molecule has 4 heteroatoms. The van der Waals surface area contributed by atoms with Crippen molar-refractivity contribution in [2.45, 2.75) is 52.6 Å². The molecule has 0 aromatic rings. The third-order valence-electron chi connectivity index (χ3n) is 3.74. The van der Waals surface area contributed by atoms with Crippen molar-refractivity contribution in [3.8, 4) is 0 Å². The molecule has 1 amide bonds. The minimum Gasteiger partial charge on any atom is -0.351 e. The first-order valence-corrected chi connectivity index (χ1v) is 6.98. The van der Waals surface area contributed by atoms with E-state index < -0.39 is 0 Å². The van der Waals surface area contributed by atoms with E-state index in [9.17, 15) is 4.79 Å². The van der Waals surface area contributed by atoms with E-state index in [1.807, 2.05) is 20.8 Å². The quantitative estimate of drug-likeness (QED) is 0.794. The number of carbonyl (C=O) groups is 1. The van der Waals surface area contributed by atoms with Crippen molar-refractivity contribution in [3.05, 3.63) is 0 Å². The molecule has 1 fully saturated rings. The van der Waals surface area contributed by atoms with Gasteiger partial charge < -0.3 is 11.1 Å². The SMILES string of the molecule is CC1CN(C(CN)CC(=O)NC(C)(C)C)CC1C. The summed E-state index contributed by atoms with van der Waals surface area (Å²) in [5.74, 6) is 1.50. The van der Waals surface area contributed by atoms with Gasteiger partial charge in [0.05, 0.1) is 0 Å². The monoisotopic (exact) mass is 255 g/mol. The average Bonchev–Trinajstić information content (AvgIpc) is 2.53. The minimum atomic E-state index is -0.165. The molecule has 18 heavy (non-hydrogen) atoms. The van der Waals surface area contributed by atoms with Crippen LogP contribution in [0.2, 0.25) is 0 Å². The average molecular weight is 255 g/mol. The molecule has 0 bridgehead atoms. The van der Waals surface area contributed by atoms with Gasteiger partial charge in [-0.3, -0.25) is 9.69 Å². The Morgan fingerprint density at radius 3 is 2.22 bits per heavy atom. The summed E-state index contributed by atoms with van der Waals surface area (Å²) in [6.45, 7) is 13.2. The van der Waals surface area contributed by atoms with Gasteiger partial charge in [-0.15, -0.1) is 0 Å². The maximum Gasteiger partial charge on any atom is 0.222 e. The van der Waals surface area contributed by atoms with E-state index in [4.69, 9.17) is 5.73 Å². The Labute approximate surface area is 111 Å². The van der Waals surface area contributed by atoms with Crippen LogP contribution in [-0.4, -0.2) is 42.0 Å². The molecule has 4 nitrogen and oxygen atoms in total. The fourth-order valence-corrected chi connectivity index (χ4v) is 2.52. The van der Waals surface area contributed by atoms with Crippen molar-refractivity contribution < 1.29 is 4.79 Å². The number of carbonyl (C=O) groups excluding carboxylic acids is 1. The largest absolute Gasteiger partial charge is 0.351 e. The van der Waals surface area contributed by atoms with Crippen molar-refractivity contribution in [3.63, 3.8) is 0 Å². The number of amides is 1. The van der Waals surface area contributed by atoms with Crippen molar-refractivity contribution in [1.29, 1.82) is 0 Å². The van der Waals surface area contributed by atoms with Crippen molar-refractivity contribution in [1.82, 2.24) is 10.2 Å². The minimum absolute atomic E-state index is 0.102. The molecule has 0 saturated carbocycles. The van der Waals surface area contributed by atoms with E-state index in [0.29, 0.717) is 24.8 Å². The molecule has 106 valence electrons. The van der Waals surface area contributed by atoms with E-state index in [-0.39, 0.29) is 17.5 Å². The number of likely N-dealkylation sites (tertiary alicyclic amines) is 1. The Kier molecular flexibility index (Phi) is 5.17. The molecular formula is C14H29N3O. The molecule has 1 heterocycles. The number of nitrogens with zero attached hydrogens (tertiary/aromatic N) is 1. The molecule has 0 spiro atoms. The lowest BCUT2D eigenvalue weighted by Crippen LogP contribution is -2.47. The lowest BCUT2D eigenvalue weighted by atomic mass is 10.0. The van der Waals surface area contributed by atoms with Gasteiger partial charge in [-0.1, -0.05) is 13.8 Å². The standard InChI is InChI=1S/C14H29N3O/c1-10-8-17(9-11(10)2)12(7-15)6-13(18)16-14(3,4)5/h10-12H,6-9,15H2,1-5H3,(H,16,18). The van der Waals surface area contributed by atoms with Gasteiger partial charge in [0.15, 0.2) is 0 Å². The van der Waals surface area contributed by atoms with Crippen LogP contribution in [0.4, 0.5) is 0 Å². The van der Waals surface area contributed by atoms with Crippen LogP contribution < -0.4 is 11.1 Å². The first kappa shape index (κ1) is 15.4. The highest BCUT2D eigenvalue weighted by Crippen LogP contribution is 2.24. The maximum atomic E-state index is 12.0. The van der Waals surface area contributed by atoms with Crippen LogP contribution in [0.1, 0.15) is 41.0 Å². The second-order valence-corrected chi connectivity index (χ2v) is 6.80. The van der Waals surface area contributed by atoms with E-state index in [1.165, 1.54) is 0 Å². The lowest BCUT2D eigenvalue weighted by Gasteiger charge is -2.28. The first-order chi connectivity index (χ1) is 8.23. The summed E-state index contributed by atoms with van der Waals surface area (Å²) in [6.07, 6.45) is 0.507. The van der Waals surface area contributed by atoms with Crippen molar-refractivity contribution in [2.75, 3.05) is 19.6 Å². The zero-order valence-corrected chi connectivity index (χ0v) is 12.5. The van der Waals surface area contributed by atoms with Gasteiger partial charge in [-0.25, -0.2) is 0 Å². The summed E-state index contributed by atoms with van der Waals surface area (Å²) in [7, 11) is 0. The van der Waals surface area contributed by atoms with Gasteiger partial charge in [0.2, 0.25) is 5.91 Å². The molecule has 1 aliphatic rings. The summed E-state index contributed by atoms with van der Waals surface area (Å²) >= 11 is 0. The molecule has 3 N–H and O–H groups in total. The van der Waals surface area contributed by atoms with Crippen molar-refractivity contribution in [2.24, 2.45) is 17.6 Å². The zero-order chi connectivity index (χ0) is 13.9. The summed E-state index contributed by atoms with van der Waals surface area (Å²) < 4.78 is 0. The van der Waals surface area contributed by atoms with Crippen LogP contribution in [0.5, 0.6) is 0 Å². The topological polar surface area (TPSA) is 58.4 Å². The second kappa shape index (κ2) is 6.02. The first-order valence-electron chi connectivity index (χ1n) is 6.98. The molecular weight excluding hydrogens is 226 g/mol. The Bertz CT molecular complexity index is 275. The fraction of sp³-hybridized carbons (Fsp3) is 0.929. The number of nitrogens with two attached hydrogens (primary N) is 1. The van der Waals surface area contributed by atoms with Gasteiger partial charge in [-0.2, -0.15) is 0 Å². The van der Waals surface area contributed by atoms with E-state index >= 15 is 0 Å². The molecule has 0 aromatic heterocycles. The molecule has 0 radical (unpaired) electrons. The summed E-state index contributed by atoms with van der Waals surface area (Å²) in [5, 5.41) is 3.01. The van der Waals surface area contributed by atoms with E-state index in [0.717, 1.165) is 13.1 Å². The predicted octanol–water partition coefficient (Wildman–Crippen LogP) is 1.21. The molecule has 0 aromatic carbocycles. The zero-order valence-electron chi connectivity index (χ0n) is 12.5. The second-order valence-electron chi connectivity index (χ2n) is 6.80. The normalized spacial score (nSPS) is 27.2. The summed E-state index contributed by atoms with van der Waals surface area (Å²) in [6, 6.07) is 0.180. The predicted molar refractivity (Wildman–Crippen MR) is 75.3 cm³/mol. The lowest BCUT2D eigenvalue weighted by molar-refractivity contribution is -0.123. The number of hydrogen-bond acceptors (Lipinski definition) is 3. The van der Waals surface area contributed by atoms with Crippen molar-refractivity contribution >= 4 is 5.91 Å². The van der Waals surface area contributed by atoms with Crippen LogP contribution in [-0.2, 0) is 4.79 Å². The fourth-order valence-electron chi connectivity index (χ4n) is 2.52. The Morgan fingerprint density at radius 2 is 1.83 bits per heavy atom. The number of rotatable bonds is 4. The third kappa shape index (κ3) is 4.58. The van der Waals surface area contributed by atoms with Crippen LogP contribution in [0.25, 0.3) is 0 Å². The highest BCUT2D eigenvalue weighted by molar-refractivity contribution is 5.77. The number of hydrogen-bond donors (Lipinski definition) is 2. The summed E-state index contributed by atoms with van der Waals surface area (Å²) in [5.41, 5.74) is 5.67.